The highest BCUT2D eigenvalue weighted by Gasteiger charge is 2.34. The molecule has 1 aromatic carbocycles. The Bertz CT molecular complexity index is 342. The van der Waals surface area contributed by atoms with E-state index in [9.17, 15) is 18.3 Å². The van der Waals surface area contributed by atoms with Gasteiger partial charge in [0.15, 0.2) is 5.75 Å². The van der Waals surface area contributed by atoms with E-state index < -0.39 is 17.5 Å². The molecule has 1 radical (unpaired) electrons. The monoisotopic (exact) mass is 201 g/mol. The van der Waals surface area contributed by atoms with E-state index in [0.717, 1.165) is 18.2 Å². The molecule has 75 valence electrons. The smallest absolute Gasteiger partial charge is 0.290 e. The average Bonchev–Trinajstić information content (AvgIpc) is 2.07. The Labute approximate surface area is 79.5 Å². The minimum absolute atomic E-state index is 0.0610. The molecule has 14 heavy (non-hydrogen) atoms. The minimum Gasteiger partial charge on any atom is -0.290 e. The van der Waals surface area contributed by atoms with Gasteiger partial charge in [-0.05, 0) is 18.6 Å². The van der Waals surface area contributed by atoms with Crippen molar-refractivity contribution in [2.75, 3.05) is 0 Å². The third-order valence-electron chi connectivity index (χ3n) is 1.79. The predicted octanol–water partition coefficient (Wildman–Crippen LogP) is 3.58. The first-order valence-corrected chi connectivity index (χ1v) is 3.94. The molecule has 0 aromatic heterocycles. The third-order valence-corrected chi connectivity index (χ3v) is 1.79. The van der Waals surface area contributed by atoms with Crippen LogP contribution in [-0.2, 0) is 17.7 Å². The molecule has 0 bridgehead atoms. The number of hydrogen-bond donors (Lipinski definition) is 0. The van der Waals surface area contributed by atoms with Gasteiger partial charge in [0.25, 0.3) is 0 Å². The van der Waals surface area contributed by atoms with Crippen molar-refractivity contribution < 1.29 is 18.3 Å². The highest BCUT2D eigenvalue weighted by atomic mass is 19.4. The van der Waals surface area contributed by atoms with E-state index in [4.69, 9.17) is 0 Å². The van der Waals surface area contributed by atoms with Gasteiger partial charge in [-0.2, -0.15) is 13.2 Å². The van der Waals surface area contributed by atoms with Crippen molar-refractivity contribution in [3.63, 3.8) is 0 Å². The zero-order valence-electron chi connectivity index (χ0n) is 7.27. The van der Waals surface area contributed by atoms with Crippen molar-refractivity contribution in [3.8, 4) is 5.75 Å². The van der Waals surface area contributed by atoms with Crippen molar-refractivity contribution in [2.45, 2.75) is 12.6 Å². The molecular formula is C10H8F3O. The SMILES string of the molecule is C=CCc1c([O])cccc1C(F)(F)F. The molecule has 1 aromatic rings. The van der Waals surface area contributed by atoms with Crippen molar-refractivity contribution in [2.24, 2.45) is 0 Å². The molecule has 0 amide bonds. The van der Waals surface area contributed by atoms with Crippen LogP contribution in [0, 0.1) is 0 Å². The van der Waals surface area contributed by atoms with Gasteiger partial charge in [0.05, 0.1) is 5.56 Å². The van der Waals surface area contributed by atoms with Crippen molar-refractivity contribution in [3.05, 3.63) is 42.0 Å². The van der Waals surface area contributed by atoms with E-state index in [2.05, 4.69) is 6.58 Å². The molecule has 0 saturated carbocycles. The number of benzene rings is 1. The zero-order chi connectivity index (χ0) is 10.8. The summed E-state index contributed by atoms with van der Waals surface area (Å²) in [7, 11) is 0. The first kappa shape index (κ1) is 10.6. The van der Waals surface area contributed by atoms with E-state index in [1.54, 1.807) is 0 Å². The van der Waals surface area contributed by atoms with Crippen LogP contribution in [-0.4, -0.2) is 0 Å². The molecule has 0 heterocycles. The Morgan fingerprint density at radius 3 is 2.50 bits per heavy atom. The number of hydrogen-bond acceptors (Lipinski definition) is 0. The summed E-state index contributed by atoms with van der Waals surface area (Å²) in [5.41, 5.74) is -1.11. The van der Waals surface area contributed by atoms with Crippen LogP contribution in [0.5, 0.6) is 5.75 Å². The van der Waals surface area contributed by atoms with Gasteiger partial charge in [0.1, 0.15) is 0 Å². The number of allylic oxidation sites excluding steroid dienone is 1. The standard InChI is InChI=1S/C10H8F3O/c1-2-4-7-8(10(11,12)13)5-3-6-9(7)14/h2-3,5-6H,1,4H2. The molecule has 0 saturated heterocycles. The Kier molecular flexibility index (Phi) is 2.84. The number of halogens is 3. The van der Waals surface area contributed by atoms with Crippen LogP contribution in [0.15, 0.2) is 30.9 Å². The van der Waals surface area contributed by atoms with Gasteiger partial charge in [-0.1, -0.05) is 12.1 Å². The fraction of sp³-hybridized carbons (Fsp3) is 0.200. The number of alkyl halides is 3. The first-order chi connectivity index (χ1) is 6.46. The van der Waals surface area contributed by atoms with Gasteiger partial charge in [-0.25, -0.2) is 0 Å². The van der Waals surface area contributed by atoms with E-state index in [1.807, 2.05) is 0 Å². The summed E-state index contributed by atoms with van der Waals surface area (Å²) in [6.45, 7) is 3.31. The van der Waals surface area contributed by atoms with Crippen LogP contribution in [0.3, 0.4) is 0 Å². The summed E-state index contributed by atoms with van der Waals surface area (Å²) < 4.78 is 37.1. The molecule has 4 heteroatoms. The molecular weight excluding hydrogens is 193 g/mol. The second-order valence-corrected chi connectivity index (χ2v) is 2.77. The lowest BCUT2D eigenvalue weighted by Crippen LogP contribution is -2.08. The van der Waals surface area contributed by atoms with Gasteiger partial charge in [0, 0.05) is 5.56 Å². The van der Waals surface area contributed by atoms with Gasteiger partial charge in [-0.15, -0.1) is 6.58 Å². The van der Waals surface area contributed by atoms with Gasteiger partial charge in [0.2, 0.25) is 0 Å². The van der Waals surface area contributed by atoms with Crippen molar-refractivity contribution in [1.82, 2.24) is 0 Å². The maximum atomic E-state index is 12.4. The zero-order valence-corrected chi connectivity index (χ0v) is 7.27. The lowest BCUT2D eigenvalue weighted by atomic mass is 10.0. The topological polar surface area (TPSA) is 19.9 Å². The van der Waals surface area contributed by atoms with E-state index >= 15 is 0 Å². The molecule has 0 N–H and O–H groups in total. The molecule has 0 spiro atoms. The highest BCUT2D eigenvalue weighted by molar-refractivity contribution is 5.41. The molecule has 1 nitrogen and oxygen atoms in total. The van der Waals surface area contributed by atoms with Gasteiger partial charge < -0.3 is 0 Å². The largest absolute Gasteiger partial charge is 0.416 e. The summed E-state index contributed by atoms with van der Waals surface area (Å²) in [5.74, 6) is -0.597. The lowest BCUT2D eigenvalue weighted by Gasteiger charge is -2.11. The van der Waals surface area contributed by atoms with E-state index in [-0.39, 0.29) is 12.0 Å². The molecule has 0 aliphatic heterocycles. The van der Waals surface area contributed by atoms with E-state index in [0.29, 0.717) is 0 Å². The second-order valence-electron chi connectivity index (χ2n) is 2.77. The normalized spacial score (nSPS) is 11.4. The summed E-state index contributed by atoms with van der Waals surface area (Å²) in [4.78, 5) is 0. The van der Waals surface area contributed by atoms with Crippen LogP contribution in [0.2, 0.25) is 0 Å². The van der Waals surface area contributed by atoms with Crippen molar-refractivity contribution >= 4 is 0 Å². The fourth-order valence-electron chi connectivity index (χ4n) is 1.19. The average molecular weight is 201 g/mol. The van der Waals surface area contributed by atoms with Crippen LogP contribution < -0.4 is 0 Å². The van der Waals surface area contributed by atoms with Crippen LogP contribution in [0.25, 0.3) is 0 Å². The van der Waals surface area contributed by atoms with E-state index in [1.165, 1.54) is 6.08 Å². The van der Waals surface area contributed by atoms with Crippen LogP contribution >= 0.6 is 0 Å². The van der Waals surface area contributed by atoms with Gasteiger partial charge in [-0.3, -0.25) is 5.11 Å². The maximum absolute atomic E-state index is 12.4. The molecule has 1 rings (SSSR count). The first-order valence-electron chi connectivity index (χ1n) is 3.94. The Balaban J connectivity index is 3.28. The molecule has 0 atom stereocenters. The van der Waals surface area contributed by atoms with Crippen LogP contribution in [0.4, 0.5) is 13.2 Å². The third kappa shape index (κ3) is 2.07. The summed E-state index contributed by atoms with van der Waals surface area (Å²) in [6.07, 6.45) is -3.25. The molecule has 0 aliphatic rings. The van der Waals surface area contributed by atoms with Crippen molar-refractivity contribution in [1.29, 1.82) is 0 Å². The summed E-state index contributed by atoms with van der Waals surface area (Å²) in [6, 6.07) is 3.13. The molecule has 0 aliphatic carbocycles. The second kappa shape index (κ2) is 3.74. The maximum Gasteiger partial charge on any atom is 0.416 e. The summed E-state index contributed by atoms with van der Waals surface area (Å²) in [5, 5.41) is 11.1. The Hall–Kier alpha value is -1.45. The quantitative estimate of drug-likeness (QED) is 0.652. The highest BCUT2D eigenvalue weighted by Crippen LogP contribution is 2.35. The lowest BCUT2D eigenvalue weighted by molar-refractivity contribution is -0.138. The predicted molar refractivity (Wildman–Crippen MR) is 45.5 cm³/mol. The van der Waals surface area contributed by atoms with Crippen LogP contribution in [0.1, 0.15) is 11.1 Å². The Morgan fingerprint density at radius 2 is 2.00 bits per heavy atom. The molecule has 0 unspecified atom stereocenters. The Morgan fingerprint density at radius 1 is 1.36 bits per heavy atom. The fourth-order valence-corrected chi connectivity index (χ4v) is 1.19. The molecule has 0 fully saturated rings. The van der Waals surface area contributed by atoms with Gasteiger partial charge >= 0.3 is 6.18 Å². The summed E-state index contributed by atoms with van der Waals surface area (Å²) >= 11 is 0. The minimum atomic E-state index is -4.47. The number of rotatable bonds is 2.